The lowest BCUT2D eigenvalue weighted by atomic mass is 10.0. The van der Waals surface area contributed by atoms with E-state index in [0.717, 1.165) is 44.9 Å². The van der Waals surface area contributed by atoms with E-state index in [-0.39, 0.29) is 5.78 Å². The normalized spacial score (nSPS) is 13.8. The van der Waals surface area contributed by atoms with Crippen LogP contribution in [0.2, 0.25) is 0 Å². The highest BCUT2D eigenvalue weighted by Crippen LogP contribution is 2.36. The van der Waals surface area contributed by atoms with Crippen LogP contribution in [0.25, 0.3) is 23.0 Å². The van der Waals surface area contributed by atoms with Gasteiger partial charge in [0.25, 0.3) is 0 Å². The smallest absolute Gasteiger partial charge is 0.231 e. The third-order valence-corrected chi connectivity index (χ3v) is 6.02. The topological polar surface area (TPSA) is 53.4 Å². The van der Waals surface area contributed by atoms with Crippen molar-refractivity contribution in [1.82, 2.24) is 9.78 Å². The number of rotatable bonds is 4. The molecule has 5 nitrogen and oxygen atoms in total. The molecule has 1 aliphatic rings. The Labute approximate surface area is 192 Å². The zero-order valence-corrected chi connectivity index (χ0v) is 19.0. The fourth-order valence-corrected chi connectivity index (χ4v) is 4.03. The van der Waals surface area contributed by atoms with Crippen molar-refractivity contribution in [1.29, 1.82) is 0 Å². The zero-order chi connectivity index (χ0) is 23.1. The van der Waals surface area contributed by atoms with Gasteiger partial charge < -0.3 is 9.47 Å². The van der Waals surface area contributed by atoms with Crippen LogP contribution in [-0.4, -0.2) is 22.7 Å². The summed E-state index contributed by atoms with van der Waals surface area (Å²) >= 11 is 0. The minimum atomic E-state index is -0.113. The number of aromatic nitrogens is 2. The fraction of sp³-hybridized carbons (Fsp3) is 0.143. The predicted octanol–water partition coefficient (Wildman–Crippen LogP) is 6.09. The molecule has 3 aromatic carbocycles. The number of Topliss-reactive ketones (excluding diaryl/α,β-unsaturated/α-hetero) is 1. The van der Waals surface area contributed by atoms with E-state index >= 15 is 0 Å². The molecule has 4 aromatic rings. The Kier molecular flexibility index (Phi) is 5.09. The Hall–Kier alpha value is -4.12. The number of nitrogens with zero attached hydrogens (tertiary/aromatic N) is 2. The fourth-order valence-electron chi connectivity index (χ4n) is 4.03. The molecule has 0 bridgehead atoms. The van der Waals surface area contributed by atoms with Gasteiger partial charge in [-0.3, -0.25) is 4.79 Å². The van der Waals surface area contributed by atoms with E-state index in [1.165, 1.54) is 0 Å². The molecule has 33 heavy (non-hydrogen) atoms. The molecular formula is C28H24N2O3. The third kappa shape index (κ3) is 3.72. The average Bonchev–Trinajstić information content (AvgIpc) is 3.36. The van der Waals surface area contributed by atoms with Crippen molar-refractivity contribution >= 4 is 11.9 Å². The first kappa shape index (κ1) is 20.8. The molecule has 0 spiro atoms. The van der Waals surface area contributed by atoms with E-state index in [4.69, 9.17) is 14.6 Å². The number of allylic oxidation sites excluding steroid dienone is 1. The van der Waals surface area contributed by atoms with Gasteiger partial charge in [0.15, 0.2) is 5.76 Å². The van der Waals surface area contributed by atoms with Crippen molar-refractivity contribution in [2.24, 2.45) is 0 Å². The molecule has 5 heteroatoms. The Bertz CT molecular complexity index is 1410. The van der Waals surface area contributed by atoms with Gasteiger partial charge in [-0.2, -0.15) is 5.10 Å². The van der Waals surface area contributed by atoms with Crippen molar-refractivity contribution in [3.63, 3.8) is 0 Å². The van der Waals surface area contributed by atoms with Crippen LogP contribution in [0.5, 0.6) is 11.5 Å². The molecule has 5 rings (SSSR count). The Morgan fingerprint density at radius 3 is 2.39 bits per heavy atom. The Morgan fingerprint density at radius 1 is 0.909 bits per heavy atom. The number of ketones is 1. The van der Waals surface area contributed by atoms with Crippen molar-refractivity contribution in [3.8, 4) is 28.4 Å². The molecule has 0 aliphatic carbocycles. The average molecular weight is 437 g/mol. The molecule has 0 N–H and O–H groups in total. The molecular weight excluding hydrogens is 412 g/mol. The lowest BCUT2D eigenvalue weighted by Crippen LogP contribution is -1.98. The summed E-state index contributed by atoms with van der Waals surface area (Å²) in [7, 11) is 1.65. The first-order valence-corrected chi connectivity index (χ1v) is 10.8. The highest BCUT2D eigenvalue weighted by Gasteiger charge is 2.29. The maximum absolute atomic E-state index is 13.1. The Balaban J connectivity index is 1.64. The Morgan fingerprint density at radius 2 is 1.67 bits per heavy atom. The second-order valence-electron chi connectivity index (χ2n) is 8.27. The van der Waals surface area contributed by atoms with Gasteiger partial charge in [0.1, 0.15) is 17.2 Å². The van der Waals surface area contributed by atoms with Gasteiger partial charge in [-0.15, -0.1) is 0 Å². The molecule has 1 aliphatic heterocycles. The largest absolute Gasteiger partial charge is 0.497 e. The quantitative estimate of drug-likeness (QED) is 0.363. The molecule has 0 radical (unpaired) electrons. The molecule has 164 valence electrons. The van der Waals surface area contributed by atoms with Gasteiger partial charge in [0.2, 0.25) is 5.78 Å². The van der Waals surface area contributed by atoms with Crippen molar-refractivity contribution < 1.29 is 14.3 Å². The number of hydrogen-bond donors (Lipinski definition) is 0. The van der Waals surface area contributed by atoms with E-state index in [2.05, 4.69) is 0 Å². The van der Waals surface area contributed by atoms with Crippen LogP contribution in [-0.2, 0) is 0 Å². The molecule has 0 unspecified atom stereocenters. The highest BCUT2D eigenvalue weighted by molar-refractivity contribution is 6.14. The summed E-state index contributed by atoms with van der Waals surface area (Å²) in [6.07, 6.45) is 3.72. The summed E-state index contributed by atoms with van der Waals surface area (Å²) < 4.78 is 13.2. The molecule has 0 atom stereocenters. The van der Waals surface area contributed by atoms with E-state index in [1.54, 1.807) is 13.2 Å². The van der Waals surface area contributed by atoms with Crippen LogP contribution >= 0.6 is 0 Å². The highest BCUT2D eigenvalue weighted by atomic mass is 16.5. The number of benzene rings is 3. The molecule has 0 fully saturated rings. The lowest BCUT2D eigenvalue weighted by Gasteiger charge is -2.07. The van der Waals surface area contributed by atoms with E-state index in [9.17, 15) is 4.79 Å². The van der Waals surface area contributed by atoms with Crippen LogP contribution < -0.4 is 9.47 Å². The van der Waals surface area contributed by atoms with E-state index in [0.29, 0.717) is 17.1 Å². The summed E-state index contributed by atoms with van der Waals surface area (Å²) in [5.41, 5.74) is 7.26. The van der Waals surface area contributed by atoms with Crippen molar-refractivity contribution in [2.45, 2.75) is 20.8 Å². The molecule has 0 amide bonds. The van der Waals surface area contributed by atoms with Gasteiger partial charge >= 0.3 is 0 Å². The number of fused-ring (bicyclic) bond motifs is 1. The third-order valence-electron chi connectivity index (χ3n) is 6.02. The van der Waals surface area contributed by atoms with Gasteiger partial charge in [-0.05, 0) is 86.0 Å². The first-order valence-electron chi connectivity index (χ1n) is 10.8. The predicted molar refractivity (Wildman–Crippen MR) is 129 cm³/mol. The van der Waals surface area contributed by atoms with Crippen molar-refractivity contribution in [3.05, 3.63) is 100 Å². The number of carbonyl (C=O) groups excluding carboxylic acids is 1. The van der Waals surface area contributed by atoms with Crippen LogP contribution in [0.15, 0.2) is 72.6 Å². The minimum Gasteiger partial charge on any atom is -0.497 e. The van der Waals surface area contributed by atoms with Gasteiger partial charge in [-0.25, -0.2) is 4.68 Å². The number of carbonyl (C=O) groups is 1. The summed E-state index contributed by atoms with van der Waals surface area (Å²) in [5.74, 6) is 1.58. The maximum atomic E-state index is 13.1. The molecule has 2 heterocycles. The summed E-state index contributed by atoms with van der Waals surface area (Å²) in [6, 6.07) is 19.6. The number of para-hydroxylation sites is 1. The second-order valence-corrected chi connectivity index (χ2v) is 8.27. The van der Waals surface area contributed by atoms with Gasteiger partial charge in [0, 0.05) is 17.3 Å². The summed E-state index contributed by atoms with van der Waals surface area (Å²) in [5, 5.41) is 4.88. The first-order chi connectivity index (χ1) is 15.9. The number of methoxy groups -OCH3 is 1. The van der Waals surface area contributed by atoms with Crippen LogP contribution in [0, 0.1) is 20.8 Å². The number of hydrogen-bond acceptors (Lipinski definition) is 4. The molecule has 1 aromatic heterocycles. The summed E-state index contributed by atoms with van der Waals surface area (Å²) in [6.45, 7) is 6.04. The SMILES string of the molecule is COc1ccc(-c2nn(-c3ccccc3)cc2/C=C2\Oc3cc(C)c(C)cc3C2=O)c(C)c1. The van der Waals surface area contributed by atoms with E-state index in [1.807, 2.05) is 92.3 Å². The van der Waals surface area contributed by atoms with Crippen LogP contribution in [0.1, 0.15) is 32.6 Å². The van der Waals surface area contributed by atoms with Crippen LogP contribution in [0.3, 0.4) is 0 Å². The monoisotopic (exact) mass is 436 g/mol. The molecule has 0 saturated heterocycles. The zero-order valence-electron chi connectivity index (χ0n) is 19.0. The maximum Gasteiger partial charge on any atom is 0.231 e. The van der Waals surface area contributed by atoms with Crippen molar-refractivity contribution in [2.75, 3.05) is 7.11 Å². The minimum absolute atomic E-state index is 0.113. The second kappa shape index (κ2) is 8.10. The standard InChI is InChI=1S/C28H24N2O3/c1-17-13-24-25(14-18(17)2)33-26(28(24)31)15-20-16-30(21-8-6-5-7-9-21)29-27(20)23-11-10-22(32-4)12-19(23)3/h5-16H,1-4H3/b26-15-. The van der Waals surface area contributed by atoms with Gasteiger partial charge in [0.05, 0.1) is 18.4 Å². The lowest BCUT2D eigenvalue weighted by molar-refractivity contribution is 0.101. The van der Waals surface area contributed by atoms with Crippen LogP contribution in [0.4, 0.5) is 0 Å². The summed E-state index contributed by atoms with van der Waals surface area (Å²) in [4.78, 5) is 13.1. The molecule has 0 saturated carbocycles. The number of aryl methyl sites for hydroxylation is 3. The van der Waals surface area contributed by atoms with E-state index < -0.39 is 0 Å². The number of ether oxygens (including phenoxy) is 2. The van der Waals surface area contributed by atoms with Gasteiger partial charge in [-0.1, -0.05) is 18.2 Å².